The van der Waals surface area contributed by atoms with Gasteiger partial charge in [0.1, 0.15) is 0 Å². The lowest BCUT2D eigenvalue weighted by atomic mass is 10.0. The maximum Gasteiger partial charge on any atom is 0.416 e. The minimum atomic E-state index is -4.30. The Morgan fingerprint density at radius 1 is 0.952 bits per heavy atom. The van der Waals surface area contributed by atoms with Crippen LogP contribution in [0.1, 0.15) is 24.0 Å². The van der Waals surface area contributed by atoms with Gasteiger partial charge in [-0.05, 0) is 41.7 Å². The molecule has 1 aliphatic carbocycles. The molecule has 0 spiro atoms. The van der Waals surface area contributed by atoms with Crippen molar-refractivity contribution in [2.75, 3.05) is 0 Å². The second-order valence-electron chi connectivity index (χ2n) is 5.43. The molecule has 0 aromatic heterocycles. The Morgan fingerprint density at radius 2 is 1.67 bits per heavy atom. The fourth-order valence-corrected chi connectivity index (χ4v) is 2.24. The minimum absolute atomic E-state index is 0.589. The molecule has 1 aliphatic rings. The normalized spacial score (nSPS) is 15.2. The van der Waals surface area contributed by atoms with Crippen LogP contribution in [0.3, 0.4) is 0 Å². The Hall–Kier alpha value is -1.81. The number of benzene rings is 2. The maximum absolute atomic E-state index is 12.7. The van der Waals surface area contributed by atoms with E-state index in [2.05, 4.69) is 5.32 Å². The van der Waals surface area contributed by atoms with Crippen LogP contribution >= 0.6 is 0 Å². The van der Waals surface area contributed by atoms with Gasteiger partial charge < -0.3 is 5.32 Å². The van der Waals surface area contributed by atoms with Gasteiger partial charge in [0.2, 0.25) is 0 Å². The zero-order chi connectivity index (χ0) is 14.9. The van der Waals surface area contributed by atoms with Crippen LogP contribution in [0.2, 0.25) is 0 Å². The molecule has 2 aromatic carbocycles. The summed E-state index contributed by atoms with van der Waals surface area (Å²) in [5, 5.41) is 3.41. The van der Waals surface area contributed by atoms with E-state index in [-0.39, 0.29) is 0 Å². The van der Waals surface area contributed by atoms with Crippen molar-refractivity contribution in [2.45, 2.75) is 31.6 Å². The third kappa shape index (κ3) is 3.64. The lowest BCUT2D eigenvalue weighted by Crippen LogP contribution is -2.15. The molecule has 0 heterocycles. The van der Waals surface area contributed by atoms with Crippen LogP contribution in [0.25, 0.3) is 11.1 Å². The molecule has 1 fully saturated rings. The lowest BCUT2D eigenvalue weighted by molar-refractivity contribution is -0.137. The van der Waals surface area contributed by atoms with Crippen molar-refractivity contribution in [2.24, 2.45) is 0 Å². The molecule has 0 bridgehead atoms. The molecular weight excluding hydrogens is 275 g/mol. The second kappa shape index (κ2) is 5.53. The van der Waals surface area contributed by atoms with Crippen molar-refractivity contribution in [1.29, 1.82) is 0 Å². The molecule has 4 heteroatoms. The van der Waals surface area contributed by atoms with E-state index in [4.69, 9.17) is 0 Å². The number of halogens is 3. The molecule has 1 nitrogen and oxygen atoms in total. The molecule has 0 saturated heterocycles. The topological polar surface area (TPSA) is 12.0 Å². The van der Waals surface area contributed by atoms with Crippen LogP contribution in [-0.4, -0.2) is 6.04 Å². The summed E-state index contributed by atoms with van der Waals surface area (Å²) >= 11 is 0. The quantitative estimate of drug-likeness (QED) is 0.866. The molecule has 3 rings (SSSR count). The van der Waals surface area contributed by atoms with Crippen LogP contribution in [0.4, 0.5) is 13.2 Å². The first-order valence-corrected chi connectivity index (χ1v) is 7.02. The zero-order valence-electron chi connectivity index (χ0n) is 11.5. The average molecular weight is 291 g/mol. The largest absolute Gasteiger partial charge is 0.416 e. The smallest absolute Gasteiger partial charge is 0.310 e. The predicted octanol–water partition coefficient (Wildman–Crippen LogP) is 4.62. The van der Waals surface area contributed by atoms with Gasteiger partial charge in [0.15, 0.2) is 0 Å². The molecule has 0 amide bonds. The number of rotatable bonds is 4. The number of alkyl halides is 3. The number of nitrogens with one attached hydrogen (secondary N) is 1. The zero-order valence-corrected chi connectivity index (χ0v) is 11.5. The van der Waals surface area contributed by atoms with E-state index in [9.17, 15) is 13.2 Å². The summed E-state index contributed by atoms with van der Waals surface area (Å²) < 4.78 is 38.2. The molecule has 1 N–H and O–H groups in total. The lowest BCUT2D eigenvalue weighted by Gasteiger charge is -2.09. The highest BCUT2D eigenvalue weighted by molar-refractivity contribution is 5.64. The highest BCUT2D eigenvalue weighted by atomic mass is 19.4. The third-order valence-corrected chi connectivity index (χ3v) is 3.65. The van der Waals surface area contributed by atoms with E-state index in [1.165, 1.54) is 25.0 Å². The van der Waals surface area contributed by atoms with Crippen LogP contribution < -0.4 is 5.32 Å². The van der Waals surface area contributed by atoms with Crippen LogP contribution in [-0.2, 0) is 12.7 Å². The monoisotopic (exact) mass is 291 g/mol. The van der Waals surface area contributed by atoms with E-state index in [1.54, 1.807) is 6.07 Å². The first-order chi connectivity index (χ1) is 10.0. The van der Waals surface area contributed by atoms with Crippen molar-refractivity contribution in [3.8, 4) is 11.1 Å². The molecule has 1 saturated carbocycles. The Morgan fingerprint density at radius 3 is 2.29 bits per heavy atom. The Bertz CT molecular complexity index is 613. The van der Waals surface area contributed by atoms with E-state index in [0.29, 0.717) is 11.6 Å². The Labute approximate surface area is 121 Å². The predicted molar refractivity (Wildman–Crippen MR) is 76.7 cm³/mol. The van der Waals surface area contributed by atoms with Crippen LogP contribution in [0.15, 0.2) is 48.5 Å². The number of hydrogen-bond donors (Lipinski definition) is 1. The molecular formula is C17H16F3N. The minimum Gasteiger partial charge on any atom is -0.310 e. The first kappa shape index (κ1) is 14.1. The summed E-state index contributed by atoms with van der Waals surface area (Å²) in [5.41, 5.74) is 1.93. The molecule has 2 aromatic rings. The van der Waals surface area contributed by atoms with Gasteiger partial charge in [0, 0.05) is 12.6 Å². The van der Waals surface area contributed by atoms with E-state index in [1.807, 2.05) is 24.3 Å². The molecule has 21 heavy (non-hydrogen) atoms. The van der Waals surface area contributed by atoms with Gasteiger partial charge in [-0.3, -0.25) is 0 Å². The molecule has 0 atom stereocenters. The average Bonchev–Trinajstić information content (AvgIpc) is 3.29. The summed E-state index contributed by atoms with van der Waals surface area (Å²) in [6, 6.07) is 13.8. The fourth-order valence-electron chi connectivity index (χ4n) is 2.24. The van der Waals surface area contributed by atoms with Gasteiger partial charge in [-0.15, -0.1) is 0 Å². The van der Waals surface area contributed by atoms with Gasteiger partial charge in [-0.1, -0.05) is 36.4 Å². The molecule has 0 unspecified atom stereocenters. The van der Waals surface area contributed by atoms with Crippen LogP contribution in [0.5, 0.6) is 0 Å². The maximum atomic E-state index is 12.7. The van der Waals surface area contributed by atoms with E-state index in [0.717, 1.165) is 23.7 Å². The van der Waals surface area contributed by atoms with Gasteiger partial charge in [0.25, 0.3) is 0 Å². The fraction of sp³-hybridized carbons (Fsp3) is 0.294. The first-order valence-electron chi connectivity index (χ1n) is 7.02. The summed E-state index contributed by atoms with van der Waals surface area (Å²) in [6.07, 6.45) is -1.82. The molecule has 0 radical (unpaired) electrons. The Balaban J connectivity index is 1.76. The van der Waals surface area contributed by atoms with Gasteiger partial charge >= 0.3 is 6.18 Å². The van der Waals surface area contributed by atoms with Gasteiger partial charge in [0.05, 0.1) is 5.56 Å². The van der Waals surface area contributed by atoms with E-state index >= 15 is 0 Å². The summed E-state index contributed by atoms with van der Waals surface area (Å²) in [7, 11) is 0. The molecule has 0 aliphatic heterocycles. The molecule has 110 valence electrons. The number of hydrogen-bond acceptors (Lipinski definition) is 1. The summed E-state index contributed by atoms with van der Waals surface area (Å²) in [5.74, 6) is 0. The van der Waals surface area contributed by atoms with Crippen molar-refractivity contribution in [1.82, 2.24) is 5.32 Å². The van der Waals surface area contributed by atoms with Crippen LogP contribution in [0, 0.1) is 0 Å². The standard InChI is InChI=1S/C17H16F3N/c18-17(19,20)15-3-1-2-14(10-15)13-6-4-12(5-7-13)11-21-16-8-9-16/h1-7,10,16,21H,8-9,11H2. The van der Waals surface area contributed by atoms with Crippen molar-refractivity contribution in [3.63, 3.8) is 0 Å². The van der Waals surface area contributed by atoms with Crippen molar-refractivity contribution in [3.05, 3.63) is 59.7 Å². The summed E-state index contributed by atoms with van der Waals surface area (Å²) in [6.45, 7) is 0.813. The summed E-state index contributed by atoms with van der Waals surface area (Å²) in [4.78, 5) is 0. The highest BCUT2D eigenvalue weighted by Gasteiger charge is 2.30. The second-order valence-corrected chi connectivity index (χ2v) is 5.43. The third-order valence-electron chi connectivity index (χ3n) is 3.65. The Kier molecular flexibility index (Phi) is 3.72. The van der Waals surface area contributed by atoms with E-state index < -0.39 is 11.7 Å². The van der Waals surface area contributed by atoms with Crippen molar-refractivity contribution >= 4 is 0 Å². The SMILES string of the molecule is FC(F)(F)c1cccc(-c2ccc(CNC3CC3)cc2)c1. The van der Waals surface area contributed by atoms with Gasteiger partial charge in [-0.2, -0.15) is 13.2 Å². The van der Waals surface area contributed by atoms with Crippen molar-refractivity contribution < 1.29 is 13.2 Å². The van der Waals surface area contributed by atoms with Gasteiger partial charge in [-0.25, -0.2) is 0 Å². The highest BCUT2D eigenvalue weighted by Crippen LogP contribution is 2.32.